The van der Waals surface area contributed by atoms with Crippen LogP contribution < -0.4 is 5.32 Å². The third-order valence-electron chi connectivity index (χ3n) is 3.39. The summed E-state index contributed by atoms with van der Waals surface area (Å²) in [7, 11) is 1.34. The highest BCUT2D eigenvalue weighted by Gasteiger charge is 2.61. The van der Waals surface area contributed by atoms with Crippen molar-refractivity contribution in [1.29, 1.82) is 0 Å². The Bertz CT molecular complexity index is 834. The molecule has 0 bridgehead atoms. The summed E-state index contributed by atoms with van der Waals surface area (Å²) < 4.78 is 63.9. The zero-order valence-corrected chi connectivity index (χ0v) is 13.2. The maximum atomic E-state index is 13.3. The molecule has 26 heavy (non-hydrogen) atoms. The van der Waals surface area contributed by atoms with Gasteiger partial charge in [-0.15, -0.1) is 0 Å². The van der Waals surface area contributed by atoms with E-state index in [0.717, 1.165) is 17.0 Å². The number of hydrogen-bond acceptors (Lipinski definition) is 3. The Morgan fingerprint density at radius 1 is 1.27 bits per heavy atom. The number of carboxylic acids is 1. The Morgan fingerprint density at radius 2 is 1.92 bits per heavy atom. The van der Waals surface area contributed by atoms with E-state index in [2.05, 4.69) is 10.3 Å². The summed E-state index contributed by atoms with van der Waals surface area (Å²) in [4.78, 5) is 28.6. The van der Waals surface area contributed by atoms with Crippen LogP contribution in [0.1, 0.15) is 12.2 Å². The van der Waals surface area contributed by atoms with Crippen LogP contribution in [0, 0.1) is 0 Å². The SMILES string of the molecule is CN(CCC(=O)O)C(=O)Nc1ccc2nc(C(F)(F)C(F)(F)F)[nH]c2c1. The van der Waals surface area contributed by atoms with E-state index in [1.807, 2.05) is 4.98 Å². The number of urea groups is 1. The first-order chi connectivity index (χ1) is 11.9. The fraction of sp³-hybridized carbons (Fsp3) is 0.357. The number of benzene rings is 1. The molecule has 7 nitrogen and oxygen atoms in total. The van der Waals surface area contributed by atoms with E-state index in [4.69, 9.17) is 5.11 Å². The standard InChI is InChI=1S/C14H13F5N4O3/c1-23(5-4-10(24)25)12(26)20-7-2-3-8-9(6-7)22-11(21-8)13(15,16)14(17,18)19/h2-3,6H,4-5H2,1H3,(H,20,26)(H,21,22)(H,24,25). The van der Waals surface area contributed by atoms with E-state index in [-0.39, 0.29) is 29.7 Å². The van der Waals surface area contributed by atoms with Crippen LogP contribution in [0.3, 0.4) is 0 Å². The number of H-pyrrole nitrogens is 1. The molecule has 12 heteroatoms. The molecule has 0 saturated carbocycles. The Hall–Kier alpha value is -2.92. The lowest BCUT2D eigenvalue weighted by Crippen LogP contribution is -2.34. The third kappa shape index (κ3) is 4.00. The summed E-state index contributed by atoms with van der Waals surface area (Å²) in [6.45, 7) is -0.0740. The van der Waals surface area contributed by atoms with Crippen molar-refractivity contribution in [3.8, 4) is 0 Å². The minimum Gasteiger partial charge on any atom is -0.481 e. The molecular formula is C14H13F5N4O3. The molecule has 142 valence electrons. The molecule has 2 rings (SSSR count). The monoisotopic (exact) mass is 380 g/mol. The molecule has 3 N–H and O–H groups in total. The quantitative estimate of drug-likeness (QED) is 0.694. The zero-order chi connectivity index (χ0) is 19.7. The molecule has 1 aromatic heterocycles. The number of aromatic amines is 1. The van der Waals surface area contributed by atoms with Crippen LogP contribution in [-0.4, -0.2) is 51.7 Å². The van der Waals surface area contributed by atoms with Gasteiger partial charge in [-0.2, -0.15) is 22.0 Å². The number of rotatable bonds is 5. The molecule has 0 atom stereocenters. The number of carbonyl (C=O) groups excluding carboxylic acids is 1. The van der Waals surface area contributed by atoms with Crippen molar-refractivity contribution < 1.29 is 36.6 Å². The highest BCUT2D eigenvalue weighted by Crippen LogP contribution is 2.43. The van der Waals surface area contributed by atoms with Gasteiger partial charge < -0.3 is 20.3 Å². The minimum atomic E-state index is -5.80. The van der Waals surface area contributed by atoms with Crippen LogP contribution in [0.2, 0.25) is 0 Å². The van der Waals surface area contributed by atoms with Gasteiger partial charge in [-0.3, -0.25) is 4.79 Å². The van der Waals surface area contributed by atoms with Crippen LogP contribution in [0.25, 0.3) is 11.0 Å². The van der Waals surface area contributed by atoms with E-state index in [0.29, 0.717) is 0 Å². The lowest BCUT2D eigenvalue weighted by Gasteiger charge is -2.17. The van der Waals surface area contributed by atoms with Gasteiger partial charge in [0, 0.05) is 19.3 Å². The van der Waals surface area contributed by atoms with Crippen LogP contribution in [0.5, 0.6) is 0 Å². The number of nitrogens with one attached hydrogen (secondary N) is 2. The van der Waals surface area contributed by atoms with Gasteiger partial charge in [-0.05, 0) is 18.2 Å². The second-order valence-electron chi connectivity index (χ2n) is 5.38. The van der Waals surface area contributed by atoms with Crippen molar-refractivity contribution in [3.63, 3.8) is 0 Å². The molecule has 0 saturated heterocycles. The molecule has 2 aromatic rings. The largest absolute Gasteiger partial charge is 0.481 e. The number of carboxylic acid groups (broad SMARTS) is 1. The number of alkyl halides is 5. The number of fused-ring (bicyclic) bond motifs is 1. The second-order valence-corrected chi connectivity index (χ2v) is 5.38. The first kappa shape index (κ1) is 19.4. The van der Waals surface area contributed by atoms with Crippen molar-refractivity contribution in [1.82, 2.24) is 14.9 Å². The summed E-state index contributed by atoms with van der Waals surface area (Å²) >= 11 is 0. The van der Waals surface area contributed by atoms with Gasteiger partial charge in [0.1, 0.15) is 0 Å². The second kappa shape index (κ2) is 6.77. The lowest BCUT2D eigenvalue weighted by atomic mass is 10.3. The number of anilines is 1. The van der Waals surface area contributed by atoms with Crippen molar-refractivity contribution in [3.05, 3.63) is 24.0 Å². The maximum absolute atomic E-state index is 13.3. The molecule has 0 spiro atoms. The summed E-state index contributed by atoms with van der Waals surface area (Å²) in [5.41, 5.74) is -0.161. The van der Waals surface area contributed by atoms with Crippen molar-refractivity contribution >= 4 is 28.7 Å². The number of carbonyl (C=O) groups is 2. The average Bonchev–Trinajstić information content (AvgIpc) is 2.95. The number of imidazole rings is 1. The van der Waals surface area contributed by atoms with Crippen molar-refractivity contribution in [2.75, 3.05) is 18.9 Å². The third-order valence-corrected chi connectivity index (χ3v) is 3.39. The Labute approximate surface area is 142 Å². The molecule has 0 fully saturated rings. The van der Waals surface area contributed by atoms with Gasteiger partial charge in [0.05, 0.1) is 17.5 Å². The predicted molar refractivity (Wildman–Crippen MR) is 79.9 cm³/mol. The summed E-state index contributed by atoms with van der Waals surface area (Å²) in [5.74, 6) is -7.80. The van der Waals surface area contributed by atoms with Gasteiger partial charge in [-0.1, -0.05) is 0 Å². The zero-order valence-electron chi connectivity index (χ0n) is 13.2. The van der Waals surface area contributed by atoms with Gasteiger partial charge in [0.15, 0.2) is 5.82 Å². The number of aromatic nitrogens is 2. The summed E-state index contributed by atoms with van der Waals surface area (Å²) in [6.07, 6.45) is -6.08. The van der Waals surface area contributed by atoms with Crippen LogP contribution in [0.15, 0.2) is 18.2 Å². The molecule has 0 aliphatic carbocycles. The molecule has 0 radical (unpaired) electrons. The molecule has 1 aromatic carbocycles. The van der Waals surface area contributed by atoms with E-state index in [9.17, 15) is 31.5 Å². The maximum Gasteiger partial charge on any atom is 0.461 e. The first-order valence-corrected chi connectivity index (χ1v) is 7.10. The summed E-state index contributed by atoms with van der Waals surface area (Å²) in [6, 6.07) is 2.89. The van der Waals surface area contributed by atoms with Crippen LogP contribution in [0.4, 0.5) is 32.4 Å². The molecule has 2 amide bonds. The number of hydrogen-bond donors (Lipinski definition) is 3. The van der Waals surface area contributed by atoms with Gasteiger partial charge in [-0.25, -0.2) is 9.78 Å². The van der Waals surface area contributed by atoms with Crippen LogP contribution in [-0.2, 0) is 10.7 Å². The normalized spacial score (nSPS) is 12.2. The molecule has 0 unspecified atom stereocenters. The number of amides is 2. The highest BCUT2D eigenvalue weighted by molar-refractivity contribution is 5.92. The fourth-order valence-electron chi connectivity index (χ4n) is 1.95. The molecular weight excluding hydrogens is 367 g/mol. The Balaban J connectivity index is 2.19. The Morgan fingerprint density at radius 3 is 2.50 bits per heavy atom. The number of halogens is 5. The van der Waals surface area contributed by atoms with E-state index >= 15 is 0 Å². The predicted octanol–water partition coefficient (Wildman–Crippen LogP) is 3.16. The van der Waals surface area contributed by atoms with Crippen molar-refractivity contribution in [2.24, 2.45) is 0 Å². The van der Waals surface area contributed by atoms with Gasteiger partial charge in [0.2, 0.25) is 0 Å². The minimum absolute atomic E-state index is 0.0740. The smallest absolute Gasteiger partial charge is 0.461 e. The average molecular weight is 380 g/mol. The number of nitrogens with zero attached hydrogens (tertiary/aromatic N) is 2. The van der Waals surface area contributed by atoms with E-state index in [1.165, 1.54) is 13.1 Å². The topological polar surface area (TPSA) is 98.3 Å². The first-order valence-electron chi connectivity index (χ1n) is 7.10. The van der Waals surface area contributed by atoms with Crippen LogP contribution >= 0.6 is 0 Å². The van der Waals surface area contributed by atoms with Gasteiger partial charge >= 0.3 is 24.1 Å². The fourth-order valence-corrected chi connectivity index (χ4v) is 1.95. The number of aliphatic carboxylic acids is 1. The molecule has 0 aliphatic heterocycles. The van der Waals surface area contributed by atoms with E-state index in [1.54, 1.807) is 0 Å². The van der Waals surface area contributed by atoms with E-state index < -0.39 is 29.9 Å². The summed E-state index contributed by atoms with van der Waals surface area (Å²) in [5, 5.41) is 10.9. The molecule has 1 heterocycles. The lowest BCUT2D eigenvalue weighted by molar-refractivity contribution is -0.292. The molecule has 0 aliphatic rings. The van der Waals surface area contributed by atoms with Gasteiger partial charge in [0.25, 0.3) is 0 Å². The highest BCUT2D eigenvalue weighted by atomic mass is 19.4. The Kier molecular flexibility index (Phi) is 5.05. The van der Waals surface area contributed by atoms with Crippen molar-refractivity contribution in [2.45, 2.75) is 18.5 Å².